The lowest BCUT2D eigenvalue weighted by molar-refractivity contribution is 0.765. The van der Waals surface area contributed by atoms with Gasteiger partial charge in [-0.1, -0.05) is 267 Å². The van der Waals surface area contributed by atoms with E-state index < -0.39 is 5.41 Å². The molecule has 0 radical (unpaired) electrons. The first-order valence-corrected chi connectivity index (χ1v) is 30.3. The average Bonchev–Trinajstić information content (AvgIpc) is 2.28. The van der Waals surface area contributed by atoms with Gasteiger partial charge in [-0.25, -0.2) is 0 Å². The normalized spacial score (nSPS) is 12.8. The molecule has 0 saturated heterocycles. The van der Waals surface area contributed by atoms with Crippen LogP contribution in [0, 0.1) is 0 Å². The summed E-state index contributed by atoms with van der Waals surface area (Å²) >= 11 is 0. The van der Waals surface area contributed by atoms with Crippen molar-refractivity contribution < 1.29 is 0 Å². The fourth-order valence-corrected chi connectivity index (χ4v) is 14.3. The van der Waals surface area contributed by atoms with Crippen LogP contribution in [0.15, 0.2) is 328 Å². The van der Waals surface area contributed by atoms with E-state index in [1.165, 1.54) is 144 Å². The van der Waals surface area contributed by atoms with Gasteiger partial charge in [0.05, 0.1) is 33.2 Å². The van der Waals surface area contributed by atoms with E-state index in [1.54, 1.807) is 0 Å². The summed E-state index contributed by atoms with van der Waals surface area (Å²) in [5, 5.41) is 4.94. The molecular formula is C85H60N2. The Morgan fingerprint density at radius 3 is 1.39 bits per heavy atom. The molecule has 15 aromatic rings. The van der Waals surface area contributed by atoms with E-state index in [0.717, 1.165) is 11.4 Å². The van der Waals surface area contributed by atoms with E-state index in [0.29, 0.717) is 0 Å². The Morgan fingerprint density at radius 1 is 0.310 bits per heavy atom. The van der Waals surface area contributed by atoms with Crippen LogP contribution in [0.3, 0.4) is 0 Å². The maximum absolute atomic E-state index is 2.46. The van der Waals surface area contributed by atoms with E-state index >= 15 is 0 Å². The smallest absolute Gasteiger partial charge is 0.0719 e. The van der Waals surface area contributed by atoms with Crippen LogP contribution in [-0.2, 0) is 5.41 Å². The molecule has 0 unspecified atom stereocenters. The third-order valence-corrected chi connectivity index (χ3v) is 18.3. The molecule has 2 heterocycles. The molecule has 1 aliphatic rings. The van der Waals surface area contributed by atoms with Crippen molar-refractivity contribution in [2.24, 2.45) is 0 Å². The minimum Gasteiger partial charge on any atom is -0.309 e. The Hall–Kier alpha value is -11.1. The first kappa shape index (κ1) is 51.6. The van der Waals surface area contributed by atoms with Gasteiger partial charge in [0.25, 0.3) is 0 Å². The molecule has 2 aromatic heterocycles. The number of nitrogens with zero attached hydrogens (tertiary/aromatic N) is 2. The van der Waals surface area contributed by atoms with E-state index in [4.69, 9.17) is 0 Å². The Labute approximate surface area is 508 Å². The molecule has 0 N–H and O–H groups in total. The summed E-state index contributed by atoms with van der Waals surface area (Å²) in [5.74, 6) is 0. The molecule has 0 aliphatic heterocycles. The zero-order valence-electron chi connectivity index (χ0n) is 48.6. The van der Waals surface area contributed by atoms with Crippen LogP contribution in [-0.4, -0.2) is 9.13 Å². The van der Waals surface area contributed by atoms with Crippen LogP contribution < -0.4 is 0 Å². The summed E-state index contributed by atoms with van der Waals surface area (Å²) in [6.07, 6.45) is 6.48. The van der Waals surface area contributed by atoms with Gasteiger partial charge in [0.15, 0.2) is 0 Å². The Morgan fingerprint density at radius 2 is 0.747 bits per heavy atom. The van der Waals surface area contributed by atoms with E-state index in [9.17, 15) is 0 Å². The standard InChI is InChI=1S/C85H60N2/c1-3-4-22-57(2)69-29-8-14-35-77(69)85(78-36-15-9-31-71(78)72-32-10-16-37-79(72)85)67-27-20-25-63(53-67)61-43-41-59(42-44-61)60-45-47-62(48-46-60)70-30-11-17-38-80(70)87-82-40-19-13-34-74(82)76-56-66(50-52-84(76)87)65-49-51-83-75(55-65)73-33-12-18-39-81(73)86(83)68-28-21-26-64(54-68)58-23-6-5-7-24-58/h3-56H,1-2H3/b4-3-,57-22+. The molecule has 0 bridgehead atoms. The van der Waals surface area contributed by atoms with E-state index in [-0.39, 0.29) is 0 Å². The third kappa shape index (κ3) is 8.47. The summed E-state index contributed by atoms with van der Waals surface area (Å²) in [7, 11) is 0. The van der Waals surface area contributed by atoms with Gasteiger partial charge in [0, 0.05) is 32.8 Å². The maximum Gasteiger partial charge on any atom is 0.0719 e. The summed E-state index contributed by atoms with van der Waals surface area (Å²) in [4.78, 5) is 0. The first-order chi connectivity index (χ1) is 43.0. The molecule has 1 aliphatic carbocycles. The highest BCUT2D eigenvalue weighted by Gasteiger charge is 2.47. The second-order valence-electron chi connectivity index (χ2n) is 23.1. The predicted octanol–water partition coefficient (Wildman–Crippen LogP) is 22.6. The Balaban J connectivity index is 0.722. The van der Waals surface area contributed by atoms with Gasteiger partial charge >= 0.3 is 0 Å². The molecule has 2 nitrogen and oxygen atoms in total. The highest BCUT2D eigenvalue weighted by atomic mass is 15.0. The number of allylic oxidation sites excluding steroid dienone is 4. The van der Waals surface area contributed by atoms with Crippen LogP contribution >= 0.6 is 0 Å². The summed E-state index contributed by atoms with van der Waals surface area (Å²) in [6.45, 7) is 4.31. The molecule has 16 rings (SSSR count). The highest BCUT2D eigenvalue weighted by Crippen LogP contribution is 2.57. The Kier molecular flexibility index (Phi) is 12.6. The van der Waals surface area contributed by atoms with Crippen LogP contribution in [0.1, 0.15) is 41.7 Å². The topological polar surface area (TPSA) is 9.86 Å². The van der Waals surface area contributed by atoms with Gasteiger partial charge in [-0.3, -0.25) is 0 Å². The lowest BCUT2D eigenvalue weighted by atomic mass is 9.65. The van der Waals surface area contributed by atoms with E-state index in [1.807, 2.05) is 0 Å². The van der Waals surface area contributed by atoms with Crippen LogP contribution in [0.4, 0.5) is 0 Å². The maximum atomic E-state index is 2.46. The van der Waals surface area contributed by atoms with Gasteiger partial charge in [-0.05, 0) is 169 Å². The summed E-state index contributed by atoms with van der Waals surface area (Å²) in [6, 6.07) is 115. The van der Waals surface area contributed by atoms with Crippen molar-refractivity contribution in [3.05, 3.63) is 355 Å². The number of aromatic nitrogens is 2. The van der Waals surface area contributed by atoms with Gasteiger partial charge < -0.3 is 9.13 Å². The third-order valence-electron chi connectivity index (χ3n) is 18.3. The number of benzene rings is 13. The largest absolute Gasteiger partial charge is 0.309 e. The van der Waals surface area contributed by atoms with Gasteiger partial charge in [-0.15, -0.1) is 0 Å². The van der Waals surface area contributed by atoms with Gasteiger partial charge in [0.1, 0.15) is 0 Å². The minimum atomic E-state index is -0.532. The van der Waals surface area contributed by atoms with Crippen molar-refractivity contribution in [3.63, 3.8) is 0 Å². The van der Waals surface area contributed by atoms with E-state index in [2.05, 4.69) is 351 Å². The van der Waals surface area contributed by atoms with Crippen molar-refractivity contribution >= 4 is 49.2 Å². The molecular weight excluding hydrogens is 1050 g/mol. The molecule has 0 atom stereocenters. The molecule has 0 spiro atoms. The van der Waals surface area contributed by atoms with Crippen LogP contribution in [0.5, 0.6) is 0 Å². The lowest BCUT2D eigenvalue weighted by Crippen LogP contribution is -2.29. The Bertz CT molecular complexity index is 5170. The number of hydrogen-bond acceptors (Lipinski definition) is 0. The number of hydrogen-bond donors (Lipinski definition) is 0. The lowest BCUT2D eigenvalue weighted by Gasteiger charge is -2.36. The zero-order valence-corrected chi connectivity index (χ0v) is 48.6. The predicted molar refractivity (Wildman–Crippen MR) is 368 cm³/mol. The zero-order chi connectivity index (χ0) is 58.0. The summed E-state index contributed by atoms with van der Waals surface area (Å²) in [5.41, 5.74) is 28.6. The second kappa shape index (κ2) is 21.2. The van der Waals surface area contributed by atoms with Gasteiger partial charge in [-0.2, -0.15) is 0 Å². The average molecular weight is 1110 g/mol. The van der Waals surface area contributed by atoms with Crippen LogP contribution in [0.25, 0.3) is 127 Å². The quantitative estimate of drug-likeness (QED) is 0.114. The van der Waals surface area contributed by atoms with Crippen molar-refractivity contribution in [3.8, 4) is 78.1 Å². The first-order valence-electron chi connectivity index (χ1n) is 30.3. The van der Waals surface area contributed by atoms with Gasteiger partial charge in [0.2, 0.25) is 0 Å². The molecule has 410 valence electrons. The molecule has 2 heteroatoms. The van der Waals surface area contributed by atoms with Crippen molar-refractivity contribution in [1.29, 1.82) is 0 Å². The molecule has 13 aromatic carbocycles. The molecule has 0 saturated carbocycles. The minimum absolute atomic E-state index is 0.532. The van der Waals surface area contributed by atoms with Crippen molar-refractivity contribution in [1.82, 2.24) is 9.13 Å². The SMILES string of the molecule is C/C=C\C=C(/C)c1ccccc1C1(c2cccc(-c3ccc(-c4ccc(-c5ccccc5-n5c6ccccc6c6cc(-c7ccc8c(c7)c7ccccc7n8-c7cccc(-c8ccccc8)c7)ccc65)cc4)cc3)c2)c2ccccc2-c2ccccc21. The number of fused-ring (bicyclic) bond motifs is 9. The van der Waals surface area contributed by atoms with Crippen molar-refractivity contribution in [2.75, 3.05) is 0 Å². The molecule has 0 amide bonds. The fourth-order valence-electron chi connectivity index (χ4n) is 14.3. The fraction of sp³-hybridized carbons (Fsp3) is 0.0353. The number of para-hydroxylation sites is 3. The van der Waals surface area contributed by atoms with Crippen molar-refractivity contribution in [2.45, 2.75) is 19.3 Å². The van der Waals surface area contributed by atoms with Crippen LogP contribution in [0.2, 0.25) is 0 Å². The second-order valence-corrected chi connectivity index (χ2v) is 23.1. The molecule has 0 fully saturated rings. The highest BCUT2D eigenvalue weighted by molar-refractivity contribution is 6.13. The number of rotatable bonds is 11. The monoisotopic (exact) mass is 1110 g/mol. The molecule has 87 heavy (non-hydrogen) atoms. The summed E-state index contributed by atoms with van der Waals surface area (Å²) < 4.78 is 4.87.